The summed E-state index contributed by atoms with van der Waals surface area (Å²) in [6.07, 6.45) is 2.87. The van der Waals surface area contributed by atoms with E-state index in [9.17, 15) is 22.8 Å². The lowest BCUT2D eigenvalue weighted by Crippen LogP contribution is -2.50. The molecule has 0 aromatic heterocycles. The average molecular weight is 508 g/mol. The van der Waals surface area contributed by atoms with E-state index < -0.39 is 17.2 Å². The molecule has 6 nitrogen and oxygen atoms in total. The molecule has 198 valence electrons. The van der Waals surface area contributed by atoms with Crippen LogP contribution in [0.5, 0.6) is 0 Å². The van der Waals surface area contributed by atoms with E-state index in [2.05, 4.69) is 4.90 Å². The van der Waals surface area contributed by atoms with E-state index in [-0.39, 0.29) is 24.1 Å². The Labute approximate surface area is 210 Å². The molecule has 36 heavy (non-hydrogen) atoms. The molecule has 2 amide bonds. The summed E-state index contributed by atoms with van der Waals surface area (Å²) in [5, 5.41) is 0. The quantitative estimate of drug-likeness (QED) is 0.543. The van der Waals surface area contributed by atoms with Crippen LogP contribution >= 0.6 is 0 Å². The fourth-order valence-corrected chi connectivity index (χ4v) is 7.17. The van der Waals surface area contributed by atoms with Gasteiger partial charge in [0.25, 0.3) is 0 Å². The van der Waals surface area contributed by atoms with Crippen LogP contribution < -0.4 is 4.90 Å². The lowest BCUT2D eigenvalue weighted by molar-refractivity contribution is -0.137. The van der Waals surface area contributed by atoms with Crippen molar-refractivity contribution < 1.29 is 27.5 Å². The third-order valence-electron chi connectivity index (χ3n) is 9.06. The number of piperidine rings is 1. The standard InChI is InChI=1S/C27H36F3N3O3/c1-3-36-25(35)33-21-7-5-20(6-8-22(33)10-9-21)31-14-12-26(13-15-31)17-32(18(2)34)24-11-4-19(16-23(24)26)27(28,29)30/h4,11,16,20-22H,3,5-10,12-15,17H2,1-2H3. The SMILES string of the molecule is CCOC(=O)N1C2CCC(N3CCC4(CC3)CN(C(C)=O)c3ccc(C(F)(F)F)cc34)CCC1CC2. The fraction of sp³-hybridized carbons (Fsp3) is 0.704. The number of fused-ring (bicyclic) bond motifs is 4. The lowest BCUT2D eigenvalue weighted by atomic mass is 9.73. The molecule has 0 radical (unpaired) electrons. The first-order valence-electron chi connectivity index (χ1n) is 13.3. The van der Waals surface area contributed by atoms with Gasteiger partial charge in [-0.25, -0.2) is 4.79 Å². The zero-order chi connectivity index (χ0) is 25.7. The molecule has 5 rings (SSSR count). The second-order valence-corrected chi connectivity index (χ2v) is 11.0. The molecule has 2 bridgehead atoms. The molecule has 4 heterocycles. The predicted molar refractivity (Wildman–Crippen MR) is 130 cm³/mol. The minimum Gasteiger partial charge on any atom is -0.450 e. The molecular formula is C27H36F3N3O3. The molecule has 0 N–H and O–H groups in total. The number of alkyl halides is 3. The highest BCUT2D eigenvalue weighted by atomic mass is 19.4. The molecule has 4 aliphatic rings. The first kappa shape index (κ1) is 25.4. The Bertz CT molecular complexity index is 990. The number of amides is 2. The Hall–Kier alpha value is -2.29. The van der Waals surface area contributed by atoms with Crippen molar-refractivity contribution in [2.45, 2.75) is 94.9 Å². The number of nitrogens with zero attached hydrogens (tertiary/aromatic N) is 3. The van der Waals surface area contributed by atoms with E-state index in [1.165, 1.54) is 19.1 Å². The van der Waals surface area contributed by atoms with Crippen molar-refractivity contribution in [3.05, 3.63) is 29.3 Å². The van der Waals surface area contributed by atoms with Crippen molar-refractivity contribution in [1.82, 2.24) is 9.80 Å². The summed E-state index contributed by atoms with van der Waals surface area (Å²) >= 11 is 0. The van der Waals surface area contributed by atoms with Gasteiger partial charge in [-0.15, -0.1) is 0 Å². The lowest BCUT2D eigenvalue weighted by Gasteiger charge is -2.44. The van der Waals surface area contributed by atoms with Crippen LogP contribution in [0.3, 0.4) is 0 Å². The Balaban J connectivity index is 1.29. The summed E-state index contributed by atoms with van der Waals surface area (Å²) in [4.78, 5) is 31.0. The van der Waals surface area contributed by atoms with Gasteiger partial charge < -0.3 is 19.4 Å². The summed E-state index contributed by atoms with van der Waals surface area (Å²) in [7, 11) is 0. The van der Waals surface area contributed by atoms with Crippen LogP contribution in [0.2, 0.25) is 0 Å². The third-order valence-corrected chi connectivity index (χ3v) is 9.06. The number of anilines is 1. The molecule has 9 heteroatoms. The highest BCUT2D eigenvalue weighted by Crippen LogP contribution is 2.49. The Morgan fingerprint density at radius 1 is 1.00 bits per heavy atom. The summed E-state index contributed by atoms with van der Waals surface area (Å²) in [6.45, 7) is 5.78. The molecule has 4 aliphatic heterocycles. The zero-order valence-corrected chi connectivity index (χ0v) is 21.1. The number of hydrogen-bond acceptors (Lipinski definition) is 4. The monoisotopic (exact) mass is 507 g/mol. The van der Waals surface area contributed by atoms with Crippen molar-refractivity contribution >= 4 is 17.7 Å². The zero-order valence-electron chi connectivity index (χ0n) is 21.1. The van der Waals surface area contributed by atoms with Gasteiger partial charge in [0.2, 0.25) is 5.91 Å². The summed E-state index contributed by atoms with van der Waals surface area (Å²) < 4.78 is 45.9. The number of halogens is 3. The maximum Gasteiger partial charge on any atom is 0.416 e. The van der Waals surface area contributed by atoms with Crippen molar-refractivity contribution in [3.8, 4) is 0 Å². The van der Waals surface area contributed by atoms with Gasteiger partial charge in [0, 0.05) is 42.7 Å². The van der Waals surface area contributed by atoms with Gasteiger partial charge in [0.1, 0.15) is 0 Å². The number of carbonyl (C=O) groups excluding carboxylic acids is 2. The number of benzene rings is 1. The number of ether oxygens (including phenoxy) is 1. The normalized spacial score (nSPS) is 28.1. The van der Waals surface area contributed by atoms with E-state index in [1.807, 2.05) is 11.8 Å². The van der Waals surface area contributed by atoms with Crippen LogP contribution in [0, 0.1) is 0 Å². The number of rotatable bonds is 2. The van der Waals surface area contributed by atoms with Gasteiger partial charge in [-0.3, -0.25) is 4.79 Å². The van der Waals surface area contributed by atoms with Crippen molar-refractivity contribution in [2.75, 3.05) is 31.1 Å². The molecular weight excluding hydrogens is 471 g/mol. The van der Waals surface area contributed by atoms with Crippen LogP contribution in [0.4, 0.5) is 23.7 Å². The molecule has 3 fully saturated rings. The molecule has 1 spiro atoms. The van der Waals surface area contributed by atoms with Gasteiger partial charge in [0.05, 0.1) is 12.2 Å². The number of hydrogen-bond donors (Lipinski definition) is 0. The van der Waals surface area contributed by atoms with Crippen LogP contribution in [0.25, 0.3) is 0 Å². The van der Waals surface area contributed by atoms with E-state index in [0.29, 0.717) is 30.4 Å². The van der Waals surface area contributed by atoms with E-state index in [0.717, 1.165) is 70.5 Å². The molecule has 0 aliphatic carbocycles. The van der Waals surface area contributed by atoms with E-state index >= 15 is 0 Å². The van der Waals surface area contributed by atoms with Crippen LogP contribution in [-0.2, 0) is 21.1 Å². The van der Waals surface area contributed by atoms with E-state index in [4.69, 9.17) is 4.74 Å². The molecule has 1 aromatic rings. The highest BCUT2D eigenvalue weighted by Gasteiger charge is 2.48. The molecule has 2 unspecified atom stereocenters. The van der Waals surface area contributed by atoms with Gasteiger partial charge in [-0.1, -0.05) is 0 Å². The van der Waals surface area contributed by atoms with Gasteiger partial charge >= 0.3 is 12.3 Å². The highest BCUT2D eigenvalue weighted by molar-refractivity contribution is 5.94. The Kier molecular flexibility index (Phi) is 6.72. The summed E-state index contributed by atoms with van der Waals surface area (Å²) in [5.74, 6) is -0.128. The molecule has 1 aromatic carbocycles. The van der Waals surface area contributed by atoms with Crippen molar-refractivity contribution in [2.24, 2.45) is 0 Å². The van der Waals surface area contributed by atoms with Crippen molar-refractivity contribution in [1.29, 1.82) is 0 Å². The topological polar surface area (TPSA) is 53.1 Å². The molecule has 2 atom stereocenters. The van der Waals surface area contributed by atoms with Gasteiger partial charge in [-0.05, 0) is 95.1 Å². The van der Waals surface area contributed by atoms with Crippen molar-refractivity contribution in [3.63, 3.8) is 0 Å². The minimum absolute atomic E-state index is 0.128. The predicted octanol–water partition coefficient (Wildman–Crippen LogP) is 5.34. The second-order valence-electron chi connectivity index (χ2n) is 11.0. The maximum absolute atomic E-state index is 13.5. The van der Waals surface area contributed by atoms with E-state index in [1.54, 1.807) is 4.90 Å². The molecule has 0 saturated carbocycles. The van der Waals surface area contributed by atoms with Gasteiger partial charge in [0.15, 0.2) is 0 Å². The second kappa shape index (κ2) is 9.54. The minimum atomic E-state index is -4.41. The first-order valence-corrected chi connectivity index (χ1v) is 13.3. The van der Waals surface area contributed by atoms with Crippen LogP contribution in [-0.4, -0.2) is 66.2 Å². The Morgan fingerprint density at radius 3 is 2.11 bits per heavy atom. The molecule has 3 saturated heterocycles. The summed E-state index contributed by atoms with van der Waals surface area (Å²) in [6, 6.07) is 4.73. The third kappa shape index (κ3) is 4.48. The first-order chi connectivity index (χ1) is 17.1. The largest absolute Gasteiger partial charge is 0.450 e. The fourth-order valence-electron chi connectivity index (χ4n) is 7.17. The average Bonchev–Trinajstić information content (AvgIpc) is 3.40. The Morgan fingerprint density at radius 2 is 1.58 bits per heavy atom. The van der Waals surface area contributed by atoms with Crippen LogP contribution in [0.1, 0.15) is 76.3 Å². The number of carbonyl (C=O) groups is 2. The summed E-state index contributed by atoms with van der Waals surface area (Å²) in [5.41, 5.74) is 0.230. The van der Waals surface area contributed by atoms with Gasteiger partial charge in [-0.2, -0.15) is 13.2 Å². The van der Waals surface area contributed by atoms with Crippen LogP contribution in [0.15, 0.2) is 18.2 Å². The smallest absolute Gasteiger partial charge is 0.416 e. The maximum atomic E-state index is 13.5. The number of likely N-dealkylation sites (tertiary alicyclic amines) is 1.